The molecule has 1 N–H and O–H groups in total. The zero-order chi connectivity index (χ0) is 12.8. The van der Waals surface area contributed by atoms with Gasteiger partial charge in [-0.2, -0.15) is 5.10 Å². The minimum Gasteiger partial charge on any atom is -0.310 e. The fraction of sp³-hybridized carbons (Fsp3) is 0.417. The van der Waals surface area contributed by atoms with Crippen LogP contribution in [0.3, 0.4) is 0 Å². The Hall–Kier alpha value is -1.27. The van der Waals surface area contributed by atoms with E-state index in [0.29, 0.717) is 13.1 Å². The topological polar surface area (TPSA) is 55.6 Å². The maximum absolute atomic E-state index is 4.39. The third-order valence-corrected chi connectivity index (χ3v) is 2.88. The molecule has 0 saturated carbocycles. The lowest BCUT2D eigenvalue weighted by molar-refractivity contribution is 0.621. The standard InChI is InChI=1S/C12H16BrN5/c1-2-5-14-7-12-16-9-18(17-12)8-11-4-3-10(13)6-15-11/h3-4,6,9,14H,2,5,7-8H2,1H3. The first-order chi connectivity index (χ1) is 8.78. The van der Waals surface area contributed by atoms with Crippen LogP contribution in [-0.4, -0.2) is 26.3 Å². The molecule has 0 amide bonds. The summed E-state index contributed by atoms with van der Waals surface area (Å²) in [4.78, 5) is 8.56. The van der Waals surface area contributed by atoms with Crippen molar-refractivity contribution in [2.45, 2.75) is 26.4 Å². The third kappa shape index (κ3) is 3.89. The third-order valence-electron chi connectivity index (χ3n) is 2.41. The molecular formula is C12H16BrN5. The molecule has 0 bridgehead atoms. The molecule has 96 valence electrons. The van der Waals surface area contributed by atoms with Crippen LogP contribution in [0.1, 0.15) is 24.9 Å². The molecule has 0 aliphatic rings. The number of hydrogen-bond donors (Lipinski definition) is 1. The molecule has 0 aliphatic heterocycles. The van der Waals surface area contributed by atoms with E-state index in [4.69, 9.17) is 0 Å². The molecule has 0 atom stereocenters. The van der Waals surface area contributed by atoms with Crippen LogP contribution in [0.25, 0.3) is 0 Å². The van der Waals surface area contributed by atoms with Crippen LogP contribution in [0, 0.1) is 0 Å². The predicted molar refractivity (Wildman–Crippen MR) is 73.1 cm³/mol. The number of halogens is 1. The van der Waals surface area contributed by atoms with Crippen molar-refractivity contribution in [3.8, 4) is 0 Å². The largest absolute Gasteiger partial charge is 0.310 e. The summed E-state index contributed by atoms with van der Waals surface area (Å²) in [5.74, 6) is 0.820. The molecule has 2 aromatic heterocycles. The SMILES string of the molecule is CCCNCc1ncn(Cc2ccc(Br)cn2)n1. The van der Waals surface area contributed by atoms with Crippen LogP contribution in [0.5, 0.6) is 0 Å². The van der Waals surface area contributed by atoms with Gasteiger partial charge in [0.2, 0.25) is 0 Å². The second-order valence-electron chi connectivity index (χ2n) is 4.00. The summed E-state index contributed by atoms with van der Waals surface area (Å²) >= 11 is 3.36. The van der Waals surface area contributed by atoms with E-state index in [-0.39, 0.29) is 0 Å². The van der Waals surface area contributed by atoms with Crippen LogP contribution < -0.4 is 5.32 Å². The van der Waals surface area contributed by atoms with E-state index in [1.165, 1.54) is 0 Å². The van der Waals surface area contributed by atoms with Crippen molar-refractivity contribution in [2.75, 3.05) is 6.54 Å². The quantitative estimate of drug-likeness (QED) is 0.829. The Balaban J connectivity index is 1.91. The molecule has 2 heterocycles. The number of nitrogens with zero attached hydrogens (tertiary/aromatic N) is 4. The molecule has 0 unspecified atom stereocenters. The predicted octanol–water partition coefficient (Wildman–Crippen LogP) is 1.98. The van der Waals surface area contributed by atoms with Gasteiger partial charge in [0.1, 0.15) is 6.33 Å². The first kappa shape index (κ1) is 13.2. The molecule has 0 spiro atoms. The molecule has 2 rings (SSSR count). The Kier molecular flexibility index (Phi) is 4.83. The van der Waals surface area contributed by atoms with Crippen molar-refractivity contribution in [3.63, 3.8) is 0 Å². The van der Waals surface area contributed by atoms with Gasteiger partial charge in [-0.1, -0.05) is 6.92 Å². The number of pyridine rings is 1. The molecule has 18 heavy (non-hydrogen) atoms. The van der Waals surface area contributed by atoms with Gasteiger partial charge in [-0.05, 0) is 41.0 Å². The molecule has 0 fully saturated rings. The lowest BCUT2D eigenvalue weighted by Crippen LogP contribution is -2.15. The molecule has 6 heteroatoms. The summed E-state index contributed by atoms with van der Waals surface area (Å²) < 4.78 is 2.79. The summed E-state index contributed by atoms with van der Waals surface area (Å²) in [6.07, 6.45) is 4.65. The Morgan fingerprint density at radius 3 is 2.94 bits per heavy atom. The Morgan fingerprint density at radius 1 is 1.33 bits per heavy atom. The second-order valence-corrected chi connectivity index (χ2v) is 4.92. The van der Waals surface area contributed by atoms with Crippen molar-refractivity contribution < 1.29 is 0 Å². The molecule has 0 radical (unpaired) electrons. The smallest absolute Gasteiger partial charge is 0.164 e. The minimum absolute atomic E-state index is 0.647. The maximum Gasteiger partial charge on any atom is 0.164 e. The lowest BCUT2D eigenvalue weighted by atomic mass is 10.3. The van der Waals surface area contributed by atoms with Crippen LogP contribution in [0.2, 0.25) is 0 Å². The van der Waals surface area contributed by atoms with E-state index in [1.54, 1.807) is 17.2 Å². The van der Waals surface area contributed by atoms with Crippen LogP contribution in [0.4, 0.5) is 0 Å². The van der Waals surface area contributed by atoms with E-state index in [0.717, 1.165) is 29.0 Å². The summed E-state index contributed by atoms with van der Waals surface area (Å²) in [5.41, 5.74) is 0.969. The average molecular weight is 310 g/mol. The minimum atomic E-state index is 0.647. The van der Waals surface area contributed by atoms with Crippen LogP contribution in [0.15, 0.2) is 29.1 Å². The van der Waals surface area contributed by atoms with Crippen molar-refractivity contribution in [1.29, 1.82) is 0 Å². The number of nitrogens with one attached hydrogen (secondary N) is 1. The molecule has 0 saturated heterocycles. The average Bonchev–Trinajstić information content (AvgIpc) is 2.80. The fourth-order valence-electron chi connectivity index (χ4n) is 1.53. The number of rotatable bonds is 6. The molecule has 0 aromatic carbocycles. The van der Waals surface area contributed by atoms with Gasteiger partial charge in [-0.25, -0.2) is 9.67 Å². The normalized spacial score (nSPS) is 10.8. The fourth-order valence-corrected chi connectivity index (χ4v) is 1.77. The van der Waals surface area contributed by atoms with E-state index in [1.807, 2.05) is 12.1 Å². The second kappa shape index (κ2) is 6.61. The van der Waals surface area contributed by atoms with E-state index in [2.05, 4.69) is 43.2 Å². The van der Waals surface area contributed by atoms with Gasteiger partial charge in [0.05, 0.1) is 18.8 Å². The molecule has 0 aliphatic carbocycles. The van der Waals surface area contributed by atoms with Gasteiger partial charge in [-0.3, -0.25) is 4.98 Å². The molecular weight excluding hydrogens is 294 g/mol. The van der Waals surface area contributed by atoms with E-state index in [9.17, 15) is 0 Å². The van der Waals surface area contributed by atoms with Gasteiger partial charge in [-0.15, -0.1) is 0 Å². The molecule has 2 aromatic rings. The van der Waals surface area contributed by atoms with E-state index >= 15 is 0 Å². The maximum atomic E-state index is 4.39. The highest BCUT2D eigenvalue weighted by molar-refractivity contribution is 9.10. The zero-order valence-corrected chi connectivity index (χ0v) is 11.9. The van der Waals surface area contributed by atoms with Gasteiger partial charge < -0.3 is 5.32 Å². The number of aromatic nitrogens is 4. The first-order valence-electron chi connectivity index (χ1n) is 5.97. The van der Waals surface area contributed by atoms with Crippen molar-refractivity contribution >= 4 is 15.9 Å². The Morgan fingerprint density at radius 2 is 2.22 bits per heavy atom. The van der Waals surface area contributed by atoms with Crippen LogP contribution in [-0.2, 0) is 13.1 Å². The van der Waals surface area contributed by atoms with Gasteiger partial charge in [0, 0.05) is 10.7 Å². The summed E-state index contributed by atoms with van der Waals surface area (Å²) in [6, 6.07) is 3.95. The summed E-state index contributed by atoms with van der Waals surface area (Å²) in [7, 11) is 0. The highest BCUT2D eigenvalue weighted by Gasteiger charge is 2.02. The first-order valence-corrected chi connectivity index (χ1v) is 6.76. The van der Waals surface area contributed by atoms with Crippen molar-refractivity contribution in [1.82, 2.24) is 25.1 Å². The highest BCUT2D eigenvalue weighted by Crippen LogP contribution is 2.08. The highest BCUT2D eigenvalue weighted by atomic mass is 79.9. The summed E-state index contributed by atoms with van der Waals surface area (Å²) in [6.45, 7) is 4.49. The Bertz CT molecular complexity index is 479. The van der Waals surface area contributed by atoms with Crippen molar-refractivity contribution in [3.05, 3.63) is 40.6 Å². The molecule has 5 nitrogen and oxygen atoms in total. The Labute approximate surface area is 115 Å². The van der Waals surface area contributed by atoms with E-state index < -0.39 is 0 Å². The lowest BCUT2D eigenvalue weighted by Gasteiger charge is -2.00. The number of hydrogen-bond acceptors (Lipinski definition) is 4. The van der Waals surface area contributed by atoms with Crippen molar-refractivity contribution in [2.24, 2.45) is 0 Å². The van der Waals surface area contributed by atoms with Gasteiger partial charge in [0.25, 0.3) is 0 Å². The summed E-state index contributed by atoms with van der Waals surface area (Å²) in [5, 5.41) is 7.67. The van der Waals surface area contributed by atoms with Crippen LogP contribution >= 0.6 is 15.9 Å². The zero-order valence-electron chi connectivity index (χ0n) is 10.3. The monoisotopic (exact) mass is 309 g/mol. The van der Waals surface area contributed by atoms with Gasteiger partial charge >= 0.3 is 0 Å². The van der Waals surface area contributed by atoms with Gasteiger partial charge in [0.15, 0.2) is 5.82 Å².